The molecule has 6 heteroatoms. The Morgan fingerprint density at radius 2 is 1.52 bits per heavy atom. The Morgan fingerprint density at radius 1 is 0.871 bits per heavy atom. The highest BCUT2D eigenvalue weighted by Gasteiger charge is 2.42. The first-order valence-corrected chi connectivity index (χ1v) is 12.5. The summed E-state index contributed by atoms with van der Waals surface area (Å²) in [7, 11) is 0. The summed E-state index contributed by atoms with van der Waals surface area (Å²) in [5.41, 5.74) is 3.32. The number of fused-ring (bicyclic) bond motifs is 1. The summed E-state index contributed by atoms with van der Waals surface area (Å²) in [5.74, 6) is 1.30. The van der Waals surface area contributed by atoms with Crippen molar-refractivity contribution in [1.29, 1.82) is 0 Å². The predicted octanol–water partition coefficient (Wildman–Crippen LogP) is 4.00. The van der Waals surface area contributed by atoms with E-state index in [2.05, 4.69) is 34.5 Å². The average Bonchev–Trinajstić information content (AvgIpc) is 3.08. The van der Waals surface area contributed by atoms with Crippen molar-refractivity contribution < 1.29 is 9.59 Å². The Labute approximate surface area is 191 Å². The van der Waals surface area contributed by atoms with Crippen LogP contribution in [0.4, 0.5) is 0 Å². The van der Waals surface area contributed by atoms with Crippen molar-refractivity contribution in [3.8, 4) is 0 Å². The van der Waals surface area contributed by atoms with Crippen LogP contribution in [0.1, 0.15) is 11.1 Å². The van der Waals surface area contributed by atoms with Crippen LogP contribution in [0.15, 0.2) is 82.2 Å². The van der Waals surface area contributed by atoms with E-state index in [0.29, 0.717) is 22.6 Å². The standard InChI is InChI=1S/C25H24N2O2S2/c28-21-11-22(30-15-17-7-3-1-4-8-17)23(27-13-19-12-26-20(19)14-27)25(24(21)29)31-16-18-9-5-2-6-10-18/h1-11,19-20,26H,12-16H2/t19-,20+/m0/s1. The Kier molecular flexibility index (Phi) is 6.03. The number of Topliss-reactive ketones (excluding diaryl/α,β-unsaturated/α-hetero) is 1. The maximum atomic E-state index is 13.0. The number of likely N-dealkylation sites (tertiary alicyclic amines) is 1. The van der Waals surface area contributed by atoms with Gasteiger partial charge >= 0.3 is 0 Å². The number of rotatable bonds is 7. The van der Waals surface area contributed by atoms with E-state index in [1.165, 1.54) is 17.3 Å². The fourth-order valence-electron chi connectivity index (χ4n) is 4.23. The summed E-state index contributed by atoms with van der Waals surface area (Å²) >= 11 is 3.15. The van der Waals surface area contributed by atoms with Gasteiger partial charge in [-0.3, -0.25) is 9.59 Å². The predicted molar refractivity (Wildman–Crippen MR) is 127 cm³/mol. The van der Waals surface area contributed by atoms with Crippen molar-refractivity contribution in [3.63, 3.8) is 0 Å². The van der Waals surface area contributed by atoms with Crippen LogP contribution >= 0.6 is 23.5 Å². The molecule has 1 N–H and O–H groups in total. The molecule has 0 radical (unpaired) electrons. The molecule has 4 nitrogen and oxygen atoms in total. The molecule has 0 aromatic heterocycles. The van der Waals surface area contributed by atoms with E-state index >= 15 is 0 Å². The van der Waals surface area contributed by atoms with Crippen LogP contribution in [0.5, 0.6) is 0 Å². The van der Waals surface area contributed by atoms with E-state index in [1.54, 1.807) is 17.8 Å². The van der Waals surface area contributed by atoms with Gasteiger partial charge in [-0.1, -0.05) is 60.7 Å². The van der Waals surface area contributed by atoms with Gasteiger partial charge in [0.25, 0.3) is 0 Å². The largest absolute Gasteiger partial charge is 0.368 e. The van der Waals surface area contributed by atoms with Gasteiger partial charge < -0.3 is 10.2 Å². The lowest BCUT2D eigenvalue weighted by Gasteiger charge is -2.29. The molecule has 31 heavy (non-hydrogen) atoms. The molecule has 2 heterocycles. The summed E-state index contributed by atoms with van der Waals surface area (Å²) in [6.07, 6.45) is 1.56. The fourth-order valence-corrected chi connectivity index (χ4v) is 6.48. The van der Waals surface area contributed by atoms with Crippen LogP contribution in [0.3, 0.4) is 0 Å². The zero-order valence-corrected chi connectivity index (χ0v) is 18.8. The first-order valence-electron chi connectivity index (χ1n) is 10.6. The first-order chi connectivity index (χ1) is 15.2. The van der Waals surface area contributed by atoms with Crippen molar-refractivity contribution in [3.05, 3.63) is 93.4 Å². The smallest absolute Gasteiger partial charge is 0.241 e. The lowest BCUT2D eigenvalue weighted by Crippen LogP contribution is -2.51. The Morgan fingerprint density at radius 3 is 2.06 bits per heavy atom. The van der Waals surface area contributed by atoms with Gasteiger partial charge in [0.1, 0.15) is 0 Å². The molecule has 158 valence electrons. The van der Waals surface area contributed by atoms with Crippen LogP contribution in [0, 0.1) is 5.92 Å². The molecule has 0 spiro atoms. The van der Waals surface area contributed by atoms with E-state index in [1.807, 2.05) is 36.4 Å². The number of carbonyl (C=O) groups is 2. The van der Waals surface area contributed by atoms with Crippen molar-refractivity contribution >= 4 is 35.1 Å². The van der Waals surface area contributed by atoms with Crippen molar-refractivity contribution in [2.45, 2.75) is 17.5 Å². The summed E-state index contributed by atoms with van der Waals surface area (Å²) < 4.78 is 0. The molecule has 2 aliphatic heterocycles. The first kappa shape index (κ1) is 20.6. The van der Waals surface area contributed by atoms with Crippen LogP contribution in [-0.2, 0) is 21.1 Å². The number of carbonyl (C=O) groups excluding carboxylic acids is 2. The van der Waals surface area contributed by atoms with E-state index in [9.17, 15) is 9.59 Å². The van der Waals surface area contributed by atoms with Crippen molar-refractivity contribution in [2.75, 3.05) is 19.6 Å². The third-order valence-electron chi connectivity index (χ3n) is 6.00. The molecule has 0 bridgehead atoms. The van der Waals surface area contributed by atoms with Crippen LogP contribution in [0.25, 0.3) is 0 Å². The molecule has 5 rings (SSSR count). The molecule has 2 aromatic carbocycles. The maximum Gasteiger partial charge on any atom is 0.241 e. The number of hydrogen-bond acceptors (Lipinski definition) is 6. The molecule has 1 aliphatic carbocycles. The molecule has 0 unspecified atom stereocenters. The molecular formula is C25H24N2O2S2. The summed E-state index contributed by atoms with van der Waals surface area (Å²) in [6, 6.07) is 20.9. The zero-order valence-electron chi connectivity index (χ0n) is 17.1. The number of nitrogens with one attached hydrogen (secondary N) is 1. The number of hydrogen-bond donors (Lipinski definition) is 1. The average molecular weight is 449 g/mol. The number of allylic oxidation sites excluding steroid dienone is 2. The number of nitrogens with zero attached hydrogens (tertiary/aromatic N) is 1. The Balaban J connectivity index is 1.45. The molecule has 2 saturated heterocycles. The summed E-state index contributed by atoms with van der Waals surface area (Å²) in [5, 5.41) is 3.49. The van der Waals surface area contributed by atoms with E-state index in [4.69, 9.17) is 0 Å². The number of benzene rings is 2. The zero-order chi connectivity index (χ0) is 21.2. The second-order valence-electron chi connectivity index (χ2n) is 8.11. The number of ketones is 2. The normalized spacial score (nSPS) is 23.0. The van der Waals surface area contributed by atoms with E-state index in [0.717, 1.165) is 41.6 Å². The monoisotopic (exact) mass is 448 g/mol. The highest BCUT2D eigenvalue weighted by atomic mass is 32.2. The third kappa shape index (κ3) is 4.38. The number of thioether (sulfide) groups is 2. The summed E-state index contributed by atoms with van der Waals surface area (Å²) in [4.78, 5) is 29.5. The second kappa shape index (κ2) is 9.07. The van der Waals surface area contributed by atoms with Gasteiger partial charge in [0.05, 0.1) is 10.6 Å². The molecule has 3 aliphatic rings. The second-order valence-corrected chi connectivity index (χ2v) is 10.1. The molecular weight excluding hydrogens is 424 g/mol. The topological polar surface area (TPSA) is 49.4 Å². The molecule has 0 amide bonds. The van der Waals surface area contributed by atoms with Gasteiger partial charge in [0.15, 0.2) is 0 Å². The minimum absolute atomic E-state index is 0.368. The quantitative estimate of drug-likeness (QED) is 0.510. The van der Waals surface area contributed by atoms with Gasteiger partial charge in [0.2, 0.25) is 11.6 Å². The highest BCUT2D eigenvalue weighted by Crippen LogP contribution is 2.42. The Hall–Kier alpha value is -2.28. The SMILES string of the molecule is O=C1C=C(SCc2ccccc2)C(N2C[C@@H]3CN[C@@H]3C2)=C(SCc2ccccc2)C1=O. The van der Waals surface area contributed by atoms with Gasteiger partial charge in [-0.2, -0.15) is 0 Å². The van der Waals surface area contributed by atoms with Gasteiger partial charge in [0, 0.05) is 54.1 Å². The van der Waals surface area contributed by atoms with Crippen LogP contribution < -0.4 is 5.32 Å². The Bertz CT molecular complexity index is 1040. The molecule has 2 aromatic rings. The minimum atomic E-state index is -0.407. The van der Waals surface area contributed by atoms with E-state index in [-0.39, 0.29) is 5.78 Å². The fraction of sp³-hybridized carbons (Fsp3) is 0.280. The highest BCUT2D eigenvalue weighted by molar-refractivity contribution is 8.04. The van der Waals surface area contributed by atoms with Crippen LogP contribution in [-0.4, -0.2) is 42.1 Å². The maximum absolute atomic E-state index is 13.0. The minimum Gasteiger partial charge on any atom is -0.368 e. The third-order valence-corrected chi connectivity index (χ3v) is 8.25. The molecule has 2 fully saturated rings. The molecule has 2 atom stereocenters. The van der Waals surface area contributed by atoms with Gasteiger partial charge in [-0.05, 0) is 11.1 Å². The van der Waals surface area contributed by atoms with Gasteiger partial charge in [-0.25, -0.2) is 0 Å². The molecule has 0 saturated carbocycles. The van der Waals surface area contributed by atoms with Crippen molar-refractivity contribution in [2.24, 2.45) is 5.92 Å². The van der Waals surface area contributed by atoms with E-state index < -0.39 is 5.78 Å². The lowest BCUT2D eigenvalue weighted by atomic mass is 9.96. The van der Waals surface area contributed by atoms with Crippen LogP contribution in [0.2, 0.25) is 0 Å². The summed E-state index contributed by atoms with van der Waals surface area (Å²) in [6.45, 7) is 2.86. The van der Waals surface area contributed by atoms with Gasteiger partial charge in [-0.15, -0.1) is 23.5 Å². The lowest BCUT2D eigenvalue weighted by molar-refractivity contribution is -0.131. The van der Waals surface area contributed by atoms with Crippen molar-refractivity contribution in [1.82, 2.24) is 10.2 Å².